The van der Waals surface area contributed by atoms with Gasteiger partial charge in [-0.15, -0.1) is 12.4 Å². The Labute approximate surface area is 221 Å². The van der Waals surface area contributed by atoms with Crippen molar-refractivity contribution in [3.05, 3.63) is 52.0 Å². The van der Waals surface area contributed by atoms with Gasteiger partial charge in [-0.3, -0.25) is 9.59 Å². The van der Waals surface area contributed by atoms with Crippen LogP contribution >= 0.6 is 12.4 Å². The zero-order valence-electron chi connectivity index (χ0n) is 22.1. The molecule has 0 aliphatic heterocycles. The molecule has 0 N–H and O–H groups in total. The van der Waals surface area contributed by atoms with Crippen molar-refractivity contribution in [1.29, 1.82) is 0 Å². The zero-order chi connectivity index (χ0) is 24.9. The van der Waals surface area contributed by atoms with E-state index >= 15 is 0 Å². The van der Waals surface area contributed by atoms with E-state index in [-0.39, 0.29) is 35.5 Å². The number of nitrogens with zero attached hydrogens (tertiary/aromatic N) is 1. The summed E-state index contributed by atoms with van der Waals surface area (Å²) in [6, 6.07) is 6.59. The summed E-state index contributed by atoms with van der Waals surface area (Å²) in [5.74, 6) is 1.81. The largest absolute Gasteiger partial charge is 0.494 e. The van der Waals surface area contributed by atoms with Gasteiger partial charge in [0.1, 0.15) is 5.75 Å². The molecule has 36 heavy (non-hydrogen) atoms. The van der Waals surface area contributed by atoms with Crippen LogP contribution in [0.2, 0.25) is 0 Å². The van der Waals surface area contributed by atoms with E-state index in [0.29, 0.717) is 36.5 Å². The molecule has 0 saturated heterocycles. The van der Waals surface area contributed by atoms with E-state index in [9.17, 15) is 9.59 Å². The molecule has 1 aromatic carbocycles. The van der Waals surface area contributed by atoms with E-state index in [1.54, 1.807) is 0 Å². The predicted molar refractivity (Wildman–Crippen MR) is 143 cm³/mol. The van der Waals surface area contributed by atoms with Gasteiger partial charge in [-0.1, -0.05) is 6.07 Å². The number of rotatable bonds is 9. The van der Waals surface area contributed by atoms with Gasteiger partial charge >= 0.3 is 0 Å². The molecule has 0 spiro atoms. The smallest absolute Gasteiger partial charge is 0.228 e. The Bertz CT molecular complexity index is 988. The van der Waals surface area contributed by atoms with E-state index in [1.165, 1.54) is 44.6 Å². The zero-order valence-corrected chi connectivity index (χ0v) is 22.9. The maximum absolute atomic E-state index is 12.9. The summed E-state index contributed by atoms with van der Waals surface area (Å²) in [5, 5.41) is 0. The van der Waals surface area contributed by atoms with Crippen molar-refractivity contribution in [1.82, 2.24) is 4.90 Å². The first-order valence-corrected chi connectivity index (χ1v) is 12.9. The van der Waals surface area contributed by atoms with E-state index in [0.717, 1.165) is 43.9 Å². The Morgan fingerprint density at radius 3 is 2.03 bits per heavy atom. The number of halogens is 1. The number of benzene rings is 1. The molecule has 0 radical (unpaired) electrons. The fourth-order valence-corrected chi connectivity index (χ4v) is 5.71. The van der Waals surface area contributed by atoms with E-state index < -0.39 is 0 Å². The summed E-state index contributed by atoms with van der Waals surface area (Å²) in [6.45, 7) is 1.80. The number of fused-ring (bicyclic) bond motifs is 1. The molecule has 0 bridgehead atoms. The Hall–Kier alpha value is -2.31. The van der Waals surface area contributed by atoms with Crippen LogP contribution in [0.3, 0.4) is 0 Å². The molecule has 3 aliphatic carbocycles. The van der Waals surface area contributed by atoms with Gasteiger partial charge in [0.25, 0.3) is 0 Å². The highest BCUT2D eigenvalue weighted by molar-refractivity contribution is 6.23. The quantitative estimate of drug-likeness (QED) is 0.426. The highest BCUT2D eigenvalue weighted by Crippen LogP contribution is 2.37. The van der Waals surface area contributed by atoms with Crippen LogP contribution in [-0.2, 0) is 31.9 Å². The van der Waals surface area contributed by atoms with Crippen LogP contribution in [0, 0.1) is 11.8 Å². The van der Waals surface area contributed by atoms with Crippen molar-refractivity contribution in [3.8, 4) is 5.75 Å². The second-order valence-electron chi connectivity index (χ2n) is 10.4. The molecule has 0 amide bonds. The van der Waals surface area contributed by atoms with Gasteiger partial charge in [0.05, 0.1) is 20.8 Å². The molecule has 6 nitrogen and oxygen atoms in total. The Kier molecular flexibility index (Phi) is 10.0. The molecule has 4 rings (SSSR count). The van der Waals surface area contributed by atoms with Crippen LogP contribution in [-0.4, -0.2) is 57.9 Å². The predicted octanol–water partition coefficient (Wildman–Crippen LogP) is 5.08. The first-order chi connectivity index (χ1) is 16.9. The highest BCUT2D eigenvalue weighted by Gasteiger charge is 2.37. The summed E-state index contributed by atoms with van der Waals surface area (Å²) in [5.41, 5.74) is 4.12. The first kappa shape index (κ1) is 28.3. The van der Waals surface area contributed by atoms with Gasteiger partial charge in [-0.05, 0) is 114 Å². The van der Waals surface area contributed by atoms with Crippen LogP contribution in [0.4, 0.5) is 0 Å². The van der Waals surface area contributed by atoms with Crippen molar-refractivity contribution in [2.45, 2.75) is 57.8 Å². The van der Waals surface area contributed by atoms with Crippen molar-refractivity contribution >= 4 is 24.0 Å². The molecule has 198 valence electrons. The molecule has 1 atom stereocenters. The monoisotopic (exact) mass is 517 g/mol. The number of carbonyl (C=O) groups is 2. The maximum atomic E-state index is 12.9. The fraction of sp³-hybridized carbons (Fsp3) is 0.586. The molecular formula is C29H40ClNO5. The van der Waals surface area contributed by atoms with Crippen molar-refractivity contribution < 1.29 is 23.8 Å². The van der Waals surface area contributed by atoms with Gasteiger partial charge < -0.3 is 19.1 Å². The number of ketones is 2. The summed E-state index contributed by atoms with van der Waals surface area (Å²) in [4.78, 5) is 28.0. The summed E-state index contributed by atoms with van der Waals surface area (Å²) >= 11 is 0. The maximum Gasteiger partial charge on any atom is 0.228 e. The lowest BCUT2D eigenvalue weighted by molar-refractivity contribution is -0.121. The Morgan fingerprint density at radius 2 is 1.44 bits per heavy atom. The summed E-state index contributed by atoms with van der Waals surface area (Å²) in [6.07, 6.45) is 8.68. The molecule has 3 aliphatic rings. The van der Waals surface area contributed by atoms with Crippen LogP contribution in [0.15, 0.2) is 40.9 Å². The number of allylic oxidation sites excluding steroid dienone is 2. The van der Waals surface area contributed by atoms with Crippen LogP contribution in [0.25, 0.3) is 0 Å². The van der Waals surface area contributed by atoms with Gasteiger partial charge in [0, 0.05) is 11.1 Å². The number of methoxy groups -OCH3 is 2. The molecule has 7 heteroatoms. The Balaban J connectivity index is 0.00000361. The summed E-state index contributed by atoms with van der Waals surface area (Å²) in [7, 11) is 7.10. The van der Waals surface area contributed by atoms with Crippen LogP contribution in [0.1, 0.15) is 56.1 Å². The second-order valence-corrected chi connectivity index (χ2v) is 10.4. The molecule has 0 aromatic heterocycles. The fourth-order valence-electron chi connectivity index (χ4n) is 5.71. The van der Waals surface area contributed by atoms with Gasteiger partial charge in [-0.25, -0.2) is 0 Å². The minimum absolute atomic E-state index is 0. The normalized spacial score (nSPS) is 20.5. The van der Waals surface area contributed by atoms with E-state index in [1.807, 2.05) is 0 Å². The van der Waals surface area contributed by atoms with E-state index in [4.69, 9.17) is 14.2 Å². The molecule has 0 heterocycles. The third kappa shape index (κ3) is 6.33. The Morgan fingerprint density at radius 1 is 0.833 bits per heavy atom. The van der Waals surface area contributed by atoms with Crippen LogP contribution in [0.5, 0.6) is 5.75 Å². The number of carbonyl (C=O) groups excluding carboxylic acids is 2. The standard InChI is InChI=1S/C29H39NO5.ClH/c1-30(2)15-13-20-5-8-22-18-23(10-9-21(22)17-20)35-16-14-19-6-11-24-25(12-7-19)27(32)29(34-4)28(33-3)26(24)31;/h9-10,18-20H,5-8,11-17H2,1-4H3;1H/t20-;/m0./s1. The lowest BCUT2D eigenvalue weighted by atomic mass is 9.82. The molecule has 0 unspecified atom stereocenters. The van der Waals surface area contributed by atoms with Crippen LogP contribution < -0.4 is 4.74 Å². The second kappa shape index (κ2) is 12.8. The molecular weight excluding hydrogens is 478 g/mol. The third-order valence-electron chi connectivity index (χ3n) is 7.83. The number of hydrogen-bond acceptors (Lipinski definition) is 6. The third-order valence-corrected chi connectivity index (χ3v) is 7.83. The number of aryl methyl sites for hydroxylation is 1. The lowest BCUT2D eigenvalue weighted by Gasteiger charge is -2.26. The topological polar surface area (TPSA) is 65.1 Å². The van der Waals surface area contributed by atoms with Gasteiger partial charge in [0.2, 0.25) is 23.1 Å². The number of hydrogen-bond donors (Lipinski definition) is 0. The minimum atomic E-state index is -0.200. The van der Waals surface area contributed by atoms with Crippen molar-refractivity contribution in [2.75, 3.05) is 41.5 Å². The lowest BCUT2D eigenvalue weighted by Crippen LogP contribution is -2.25. The molecule has 0 saturated carbocycles. The highest BCUT2D eigenvalue weighted by atomic mass is 35.5. The first-order valence-electron chi connectivity index (χ1n) is 12.9. The SMILES string of the molecule is COC1=C(OC)C(=O)C2=C(CCC(CCOc3ccc4c(c3)CC[C@@H](CCN(C)C)C4)CC2)C1=O.Cl. The summed E-state index contributed by atoms with van der Waals surface area (Å²) < 4.78 is 16.6. The van der Waals surface area contributed by atoms with Gasteiger partial charge in [0.15, 0.2) is 0 Å². The molecule has 0 fully saturated rings. The minimum Gasteiger partial charge on any atom is -0.494 e. The number of Topliss-reactive ketones (excluding diaryl/α,β-unsaturated/α-hetero) is 2. The number of ether oxygens (including phenoxy) is 3. The van der Waals surface area contributed by atoms with Crippen molar-refractivity contribution in [2.24, 2.45) is 11.8 Å². The van der Waals surface area contributed by atoms with Gasteiger partial charge in [-0.2, -0.15) is 0 Å². The van der Waals surface area contributed by atoms with E-state index in [2.05, 4.69) is 37.2 Å². The average Bonchev–Trinajstić information content (AvgIpc) is 3.07. The average molecular weight is 518 g/mol. The molecule has 1 aromatic rings. The van der Waals surface area contributed by atoms with Crippen molar-refractivity contribution in [3.63, 3.8) is 0 Å².